The Morgan fingerprint density at radius 1 is 1.40 bits per heavy atom. The SMILES string of the molecule is CC(C)(C)C(O)NC1CC1. The molecule has 2 heteroatoms. The molecule has 0 saturated heterocycles. The van der Waals surface area contributed by atoms with Crippen LogP contribution in [0.3, 0.4) is 0 Å². The lowest BCUT2D eigenvalue weighted by atomic mass is 9.94. The highest BCUT2D eigenvalue weighted by Gasteiger charge is 2.29. The summed E-state index contributed by atoms with van der Waals surface area (Å²) in [6.45, 7) is 6.10. The van der Waals surface area contributed by atoms with Crippen molar-refractivity contribution in [2.75, 3.05) is 0 Å². The summed E-state index contributed by atoms with van der Waals surface area (Å²) in [5, 5.41) is 12.6. The molecule has 1 unspecified atom stereocenters. The summed E-state index contributed by atoms with van der Waals surface area (Å²) in [4.78, 5) is 0. The lowest BCUT2D eigenvalue weighted by molar-refractivity contribution is 0.0316. The van der Waals surface area contributed by atoms with Gasteiger partial charge in [-0.3, -0.25) is 5.32 Å². The Morgan fingerprint density at radius 3 is 2.20 bits per heavy atom. The van der Waals surface area contributed by atoms with Crippen LogP contribution in [0.25, 0.3) is 0 Å². The Labute approximate surface area is 62.6 Å². The molecule has 1 atom stereocenters. The van der Waals surface area contributed by atoms with Crippen molar-refractivity contribution in [1.29, 1.82) is 0 Å². The number of hydrogen-bond acceptors (Lipinski definition) is 2. The molecular formula is C8H17NO. The normalized spacial score (nSPS) is 22.8. The third-order valence-corrected chi connectivity index (χ3v) is 1.79. The monoisotopic (exact) mass is 143 g/mol. The molecule has 60 valence electrons. The molecule has 10 heavy (non-hydrogen) atoms. The van der Waals surface area contributed by atoms with E-state index in [1.54, 1.807) is 0 Å². The van der Waals surface area contributed by atoms with Crippen LogP contribution in [0.15, 0.2) is 0 Å². The topological polar surface area (TPSA) is 32.3 Å². The third kappa shape index (κ3) is 2.27. The predicted molar refractivity (Wildman–Crippen MR) is 41.6 cm³/mol. The fourth-order valence-corrected chi connectivity index (χ4v) is 0.723. The van der Waals surface area contributed by atoms with E-state index in [-0.39, 0.29) is 11.6 Å². The molecule has 2 nitrogen and oxygen atoms in total. The van der Waals surface area contributed by atoms with E-state index in [4.69, 9.17) is 0 Å². The highest BCUT2D eigenvalue weighted by Crippen LogP contribution is 2.24. The van der Waals surface area contributed by atoms with Gasteiger partial charge in [0.15, 0.2) is 0 Å². The van der Waals surface area contributed by atoms with Gasteiger partial charge in [0.25, 0.3) is 0 Å². The Balaban J connectivity index is 2.25. The van der Waals surface area contributed by atoms with Gasteiger partial charge in [0.2, 0.25) is 0 Å². The highest BCUT2D eigenvalue weighted by atomic mass is 16.3. The summed E-state index contributed by atoms with van der Waals surface area (Å²) in [7, 11) is 0. The fourth-order valence-electron chi connectivity index (χ4n) is 0.723. The number of aliphatic hydroxyl groups is 1. The van der Waals surface area contributed by atoms with Gasteiger partial charge in [0, 0.05) is 11.5 Å². The quantitative estimate of drug-likeness (QED) is 0.567. The summed E-state index contributed by atoms with van der Waals surface area (Å²) < 4.78 is 0. The van der Waals surface area contributed by atoms with Crippen LogP contribution < -0.4 is 5.32 Å². The van der Waals surface area contributed by atoms with Crippen molar-refractivity contribution in [3.8, 4) is 0 Å². The number of nitrogens with one attached hydrogen (secondary N) is 1. The maximum Gasteiger partial charge on any atom is 0.109 e. The Morgan fingerprint density at radius 2 is 1.90 bits per heavy atom. The largest absolute Gasteiger partial charge is 0.378 e. The summed E-state index contributed by atoms with van der Waals surface area (Å²) in [5.41, 5.74) is -0.0252. The van der Waals surface area contributed by atoms with Crippen molar-refractivity contribution in [2.45, 2.75) is 45.9 Å². The first-order valence-corrected chi connectivity index (χ1v) is 3.94. The van der Waals surface area contributed by atoms with Crippen molar-refractivity contribution >= 4 is 0 Å². The van der Waals surface area contributed by atoms with Crippen LogP contribution in [0.5, 0.6) is 0 Å². The maximum absolute atomic E-state index is 9.48. The average molecular weight is 143 g/mol. The molecule has 2 N–H and O–H groups in total. The molecule has 0 spiro atoms. The smallest absolute Gasteiger partial charge is 0.109 e. The van der Waals surface area contributed by atoms with E-state index in [9.17, 15) is 5.11 Å². The molecule has 0 aliphatic heterocycles. The minimum Gasteiger partial charge on any atom is -0.378 e. The molecule has 1 aliphatic rings. The summed E-state index contributed by atoms with van der Waals surface area (Å²) >= 11 is 0. The molecule has 0 amide bonds. The second kappa shape index (κ2) is 2.51. The molecule has 1 fully saturated rings. The van der Waals surface area contributed by atoms with Crippen molar-refractivity contribution in [2.24, 2.45) is 5.41 Å². The van der Waals surface area contributed by atoms with E-state index < -0.39 is 0 Å². The van der Waals surface area contributed by atoms with Gasteiger partial charge in [-0.1, -0.05) is 20.8 Å². The number of hydrogen-bond donors (Lipinski definition) is 2. The van der Waals surface area contributed by atoms with E-state index in [0.29, 0.717) is 6.04 Å². The van der Waals surface area contributed by atoms with Crippen LogP contribution in [0, 0.1) is 5.41 Å². The first-order valence-electron chi connectivity index (χ1n) is 3.94. The lowest BCUT2D eigenvalue weighted by Crippen LogP contribution is -2.41. The number of aliphatic hydroxyl groups excluding tert-OH is 1. The highest BCUT2D eigenvalue weighted by molar-refractivity contribution is 4.84. The molecule has 0 bridgehead atoms. The maximum atomic E-state index is 9.48. The molecule has 1 aliphatic carbocycles. The van der Waals surface area contributed by atoms with Crippen molar-refractivity contribution < 1.29 is 5.11 Å². The van der Waals surface area contributed by atoms with Gasteiger partial charge in [-0.2, -0.15) is 0 Å². The van der Waals surface area contributed by atoms with E-state index in [0.717, 1.165) is 0 Å². The van der Waals surface area contributed by atoms with Crippen LogP contribution in [-0.4, -0.2) is 17.4 Å². The van der Waals surface area contributed by atoms with E-state index in [2.05, 4.69) is 5.32 Å². The summed E-state index contributed by atoms with van der Waals surface area (Å²) in [6.07, 6.45) is 2.11. The minimum atomic E-state index is -0.347. The van der Waals surface area contributed by atoms with Gasteiger partial charge in [-0.25, -0.2) is 0 Å². The first-order chi connectivity index (χ1) is 4.50. The molecule has 0 radical (unpaired) electrons. The van der Waals surface area contributed by atoms with E-state index in [1.807, 2.05) is 20.8 Å². The van der Waals surface area contributed by atoms with Gasteiger partial charge in [-0.05, 0) is 12.8 Å². The Bertz CT molecular complexity index is 113. The summed E-state index contributed by atoms with van der Waals surface area (Å²) in [6, 6.07) is 0.592. The van der Waals surface area contributed by atoms with Crippen LogP contribution in [0.1, 0.15) is 33.6 Å². The third-order valence-electron chi connectivity index (χ3n) is 1.79. The average Bonchev–Trinajstić information content (AvgIpc) is 2.47. The second-order valence-corrected chi connectivity index (χ2v) is 4.21. The zero-order valence-corrected chi connectivity index (χ0v) is 7.02. The van der Waals surface area contributed by atoms with Gasteiger partial charge in [0.05, 0.1) is 0 Å². The molecular weight excluding hydrogens is 126 g/mol. The first kappa shape index (κ1) is 8.02. The van der Waals surface area contributed by atoms with E-state index >= 15 is 0 Å². The van der Waals surface area contributed by atoms with Gasteiger partial charge < -0.3 is 5.11 Å². The van der Waals surface area contributed by atoms with Crippen molar-refractivity contribution in [1.82, 2.24) is 5.32 Å². The van der Waals surface area contributed by atoms with E-state index in [1.165, 1.54) is 12.8 Å². The van der Waals surface area contributed by atoms with Crippen LogP contribution in [0.2, 0.25) is 0 Å². The van der Waals surface area contributed by atoms with Gasteiger partial charge >= 0.3 is 0 Å². The van der Waals surface area contributed by atoms with Crippen molar-refractivity contribution in [3.05, 3.63) is 0 Å². The number of rotatable bonds is 2. The molecule has 0 aromatic rings. The molecule has 0 aromatic carbocycles. The second-order valence-electron chi connectivity index (χ2n) is 4.21. The lowest BCUT2D eigenvalue weighted by Gasteiger charge is -2.26. The van der Waals surface area contributed by atoms with Crippen LogP contribution in [-0.2, 0) is 0 Å². The van der Waals surface area contributed by atoms with Crippen molar-refractivity contribution in [3.63, 3.8) is 0 Å². The van der Waals surface area contributed by atoms with Gasteiger partial charge in [-0.15, -0.1) is 0 Å². The van der Waals surface area contributed by atoms with Gasteiger partial charge in [0.1, 0.15) is 6.23 Å². The fraction of sp³-hybridized carbons (Fsp3) is 1.00. The zero-order valence-electron chi connectivity index (χ0n) is 7.02. The molecule has 0 aromatic heterocycles. The molecule has 1 rings (SSSR count). The zero-order chi connectivity index (χ0) is 7.78. The van der Waals surface area contributed by atoms with Crippen LogP contribution >= 0.6 is 0 Å². The minimum absolute atomic E-state index is 0.0252. The standard InChI is InChI=1S/C8H17NO/c1-8(2,3)7(10)9-6-4-5-6/h6-7,9-10H,4-5H2,1-3H3. The Kier molecular flexibility index (Phi) is 2.02. The predicted octanol–water partition coefficient (Wildman–Crippen LogP) is 1.10. The Hall–Kier alpha value is -0.0800. The molecule has 0 heterocycles. The summed E-state index contributed by atoms with van der Waals surface area (Å²) in [5.74, 6) is 0. The molecule has 1 saturated carbocycles. The van der Waals surface area contributed by atoms with Crippen LogP contribution in [0.4, 0.5) is 0 Å².